The van der Waals surface area contributed by atoms with Gasteiger partial charge in [-0.1, -0.05) is 13.8 Å². The van der Waals surface area contributed by atoms with Crippen molar-refractivity contribution in [1.82, 2.24) is 5.32 Å². The fourth-order valence-corrected chi connectivity index (χ4v) is 3.43. The maximum atomic E-state index is 12.8. The van der Waals surface area contributed by atoms with Gasteiger partial charge in [0.25, 0.3) is 5.91 Å². The monoisotopic (exact) mass is 463 g/mol. The second-order valence-electron chi connectivity index (χ2n) is 7.37. The van der Waals surface area contributed by atoms with Crippen LogP contribution in [0.4, 0.5) is 11.4 Å². The van der Waals surface area contributed by atoms with Crippen molar-refractivity contribution in [2.24, 2.45) is 5.92 Å². The molecule has 0 heterocycles. The molecule has 0 aliphatic rings. The van der Waals surface area contributed by atoms with Crippen molar-refractivity contribution >= 4 is 33.2 Å². The average molecular weight is 464 g/mol. The Balaban J connectivity index is 2.12. The highest BCUT2D eigenvalue weighted by Crippen LogP contribution is 2.23. The Bertz CT molecular complexity index is 1030. The van der Waals surface area contributed by atoms with E-state index in [2.05, 4.69) is 15.4 Å². The van der Waals surface area contributed by atoms with Crippen molar-refractivity contribution in [3.8, 4) is 11.5 Å². The van der Waals surface area contributed by atoms with Crippen LogP contribution in [-0.2, 0) is 14.8 Å². The van der Waals surface area contributed by atoms with Crippen LogP contribution < -0.4 is 24.8 Å². The lowest BCUT2D eigenvalue weighted by Crippen LogP contribution is -2.47. The summed E-state index contributed by atoms with van der Waals surface area (Å²) in [5.74, 6) is -0.161. The Morgan fingerprint density at radius 2 is 1.47 bits per heavy atom. The number of carbonyl (C=O) groups excluding carboxylic acids is 2. The van der Waals surface area contributed by atoms with Crippen LogP contribution in [0.25, 0.3) is 0 Å². The summed E-state index contributed by atoms with van der Waals surface area (Å²) in [6, 6.07) is 10.2. The molecule has 0 radical (unpaired) electrons. The lowest BCUT2D eigenvalue weighted by molar-refractivity contribution is -0.118. The van der Waals surface area contributed by atoms with Gasteiger partial charge in [0, 0.05) is 23.0 Å². The maximum Gasteiger partial charge on any atom is 0.252 e. The predicted molar refractivity (Wildman–Crippen MR) is 124 cm³/mol. The van der Waals surface area contributed by atoms with E-state index in [0.717, 1.165) is 0 Å². The smallest absolute Gasteiger partial charge is 0.252 e. The Morgan fingerprint density at radius 3 is 1.94 bits per heavy atom. The summed E-state index contributed by atoms with van der Waals surface area (Å²) in [5, 5.41) is 5.50. The lowest BCUT2D eigenvalue weighted by atomic mass is 10.0. The molecule has 2 rings (SSSR count). The van der Waals surface area contributed by atoms with Crippen LogP contribution in [0.3, 0.4) is 0 Å². The molecule has 2 amide bonds. The molecule has 9 nitrogen and oxygen atoms in total. The zero-order valence-electron chi connectivity index (χ0n) is 18.8. The van der Waals surface area contributed by atoms with Gasteiger partial charge in [-0.15, -0.1) is 0 Å². The van der Waals surface area contributed by atoms with Crippen molar-refractivity contribution in [3.05, 3.63) is 48.0 Å². The molecule has 0 fully saturated rings. The second kappa shape index (κ2) is 10.9. The number of hydrogen-bond donors (Lipinski definition) is 3. The number of rotatable bonds is 10. The number of anilines is 2. The van der Waals surface area contributed by atoms with Gasteiger partial charge in [0.05, 0.1) is 20.0 Å². The van der Waals surface area contributed by atoms with E-state index in [4.69, 9.17) is 9.47 Å². The first-order chi connectivity index (χ1) is 15.1. The zero-order valence-corrected chi connectivity index (χ0v) is 19.6. The number of carbonyl (C=O) groups is 2. The van der Waals surface area contributed by atoms with E-state index in [1.54, 1.807) is 49.4 Å². The highest BCUT2D eigenvalue weighted by atomic mass is 32.2. The van der Waals surface area contributed by atoms with Crippen LogP contribution in [0.2, 0.25) is 0 Å². The first-order valence-electron chi connectivity index (χ1n) is 10.0. The molecular formula is C22H29N3O6S. The van der Waals surface area contributed by atoms with Gasteiger partial charge in [-0.2, -0.15) is 0 Å². The Labute approximate surface area is 188 Å². The Morgan fingerprint density at radius 1 is 0.938 bits per heavy atom. The number of hydrogen-bond acceptors (Lipinski definition) is 6. The second-order valence-corrected chi connectivity index (χ2v) is 9.38. The molecule has 0 aliphatic heterocycles. The minimum Gasteiger partial charge on any atom is -0.497 e. The summed E-state index contributed by atoms with van der Waals surface area (Å²) < 4.78 is 36.1. The van der Waals surface area contributed by atoms with Crippen LogP contribution in [0.5, 0.6) is 11.5 Å². The van der Waals surface area contributed by atoms with Gasteiger partial charge in [-0.05, 0) is 49.2 Å². The molecule has 0 spiro atoms. The highest BCUT2D eigenvalue weighted by Gasteiger charge is 2.25. The molecule has 0 aliphatic carbocycles. The fourth-order valence-electron chi connectivity index (χ4n) is 2.79. The molecule has 0 saturated carbocycles. The molecule has 10 heteroatoms. The summed E-state index contributed by atoms with van der Waals surface area (Å²) in [6.45, 7) is 5.18. The molecule has 1 atom stereocenters. The van der Waals surface area contributed by atoms with E-state index in [1.807, 2.05) is 13.8 Å². The van der Waals surface area contributed by atoms with E-state index < -0.39 is 27.9 Å². The SMILES string of the molecule is CCS(=O)(=O)Nc1ccc(NC(=O)C(NC(=O)c2cc(OC)cc(OC)c2)C(C)C)cc1. The van der Waals surface area contributed by atoms with Crippen molar-refractivity contribution in [2.45, 2.75) is 26.8 Å². The van der Waals surface area contributed by atoms with Gasteiger partial charge in [-0.3, -0.25) is 14.3 Å². The minimum absolute atomic E-state index is 0.0413. The van der Waals surface area contributed by atoms with Crippen molar-refractivity contribution in [2.75, 3.05) is 30.0 Å². The van der Waals surface area contributed by atoms with E-state index >= 15 is 0 Å². The minimum atomic E-state index is -3.39. The molecule has 3 N–H and O–H groups in total. The van der Waals surface area contributed by atoms with Crippen LogP contribution in [0.1, 0.15) is 31.1 Å². The predicted octanol–water partition coefficient (Wildman–Crippen LogP) is 2.86. The Kier molecular flexibility index (Phi) is 8.48. The molecule has 0 bridgehead atoms. The van der Waals surface area contributed by atoms with Gasteiger partial charge < -0.3 is 20.1 Å². The Hall–Kier alpha value is -3.27. The van der Waals surface area contributed by atoms with E-state index in [-0.39, 0.29) is 11.7 Å². The summed E-state index contributed by atoms with van der Waals surface area (Å²) in [6.07, 6.45) is 0. The highest BCUT2D eigenvalue weighted by molar-refractivity contribution is 7.92. The fraction of sp³-hybridized carbons (Fsp3) is 0.364. The van der Waals surface area contributed by atoms with Crippen molar-refractivity contribution in [1.29, 1.82) is 0 Å². The van der Waals surface area contributed by atoms with Crippen molar-refractivity contribution in [3.63, 3.8) is 0 Å². The molecule has 1 unspecified atom stereocenters. The van der Waals surface area contributed by atoms with Gasteiger partial charge in [0.1, 0.15) is 17.5 Å². The summed E-state index contributed by atoms with van der Waals surface area (Å²) in [7, 11) is -0.415. The summed E-state index contributed by atoms with van der Waals surface area (Å²) in [4.78, 5) is 25.6. The molecule has 2 aromatic carbocycles. The van der Waals surface area contributed by atoms with Crippen LogP contribution >= 0.6 is 0 Å². The molecule has 174 valence electrons. The van der Waals surface area contributed by atoms with Gasteiger partial charge in [-0.25, -0.2) is 8.42 Å². The number of benzene rings is 2. The largest absolute Gasteiger partial charge is 0.497 e. The van der Waals surface area contributed by atoms with Crippen LogP contribution in [-0.4, -0.2) is 46.2 Å². The molecule has 0 aromatic heterocycles. The summed E-state index contributed by atoms with van der Waals surface area (Å²) in [5.41, 5.74) is 1.16. The first-order valence-corrected chi connectivity index (χ1v) is 11.7. The summed E-state index contributed by atoms with van der Waals surface area (Å²) >= 11 is 0. The molecule has 0 saturated heterocycles. The molecular weight excluding hydrogens is 434 g/mol. The molecule has 32 heavy (non-hydrogen) atoms. The third kappa shape index (κ3) is 6.88. The zero-order chi connectivity index (χ0) is 23.9. The standard InChI is InChI=1S/C22H29N3O6S/c1-6-32(28,29)25-17-9-7-16(8-10-17)23-22(27)20(14(2)3)24-21(26)15-11-18(30-4)13-19(12-15)31-5/h7-14,20,25H,6H2,1-5H3,(H,23,27)(H,24,26). The lowest BCUT2D eigenvalue weighted by Gasteiger charge is -2.22. The van der Waals surface area contributed by atoms with Crippen molar-refractivity contribution < 1.29 is 27.5 Å². The number of methoxy groups -OCH3 is 2. The van der Waals surface area contributed by atoms with Crippen LogP contribution in [0, 0.1) is 5.92 Å². The maximum absolute atomic E-state index is 12.8. The van der Waals surface area contributed by atoms with E-state index in [1.165, 1.54) is 14.2 Å². The first kappa shape index (κ1) is 25.0. The van der Waals surface area contributed by atoms with Gasteiger partial charge in [0.2, 0.25) is 15.9 Å². The van der Waals surface area contributed by atoms with Gasteiger partial charge in [0.15, 0.2) is 0 Å². The average Bonchev–Trinajstić information content (AvgIpc) is 2.77. The number of ether oxygens (including phenoxy) is 2. The van der Waals surface area contributed by atoms with Gasteiger partial charge >= 0.3 is 0 Å². The normalized spacial score (nSPS) is 12.1. The quantitative estimate of drug-likeness (QED) is 0.498. The number of nitrogens with one attached hydrogen (secondary N) is 3. The topological polar surface area (TPSA) is 123 Å². The van der Waals surface area contributed by atoms with E-state index in [0.29, 0.717) is 28.4 Å². The number of sulfonamides is 1. The van der Waals surface area contributed by atoms with Crippen LogP contribution in [0.15, 0.2) is 42.5 Å². The van der Waals surface area contributed by atoms with E-state index in [9.17, 15) is 18.0 Å². The third-order valence-electron chi connectivity index (χ3n) is 4.66. The number of amides is 2. The molecule has 2 aromatic rings. The third-order valence-corrected chi connectivity index (χ3v) is 5.96.